The van der Waals surface area contributed by atoms with Crippen LogP contribution in [0, 0.1) is 26.7 Å². The second-order valence-corrected chi connectivity index (χ2v) is 9.84. The van der Waals surface area contributed by atoms with Crippen LogP contribution in [-0.4, -0.2) is 52.6 Å². The number of carbonyl (C=O) groups excluding carboxylic acids is 1. The summed E-state index contributed by atoms with van der Waals surface area (Å²) in [7, 11) is 1.66. The fourth-order valence-corrected chi connectivity index (χ4v) is 5.11. The maximum Gasteiger partial charge on any atom is 0.224 e. The molecular formula is C29H34N6O2. The monoisotopic (exact) mass is 498 g/mol. The van der Waals surface area contributed by atoms with Gasteiger partial charge in [-0.25, -0.2) is 4.68 Å². The molecule has 2 aromatic carbocycles. The van der Waals surface area contributed by atoms with Crippen LogP contribution in [-0.2, 0) is 11.2 Å². The van der Waals surface area contributed by atoms with Crippen molar-refractivity contribution in [1.29, 1.82) is 0 Å². The number of aromatic nitrogens is 4. The van der Waals surface area contributed by atoms with Gasteiger partial charge in [0, 0.05) is 19.6 Å². The minimum Gasteiger partial charge on any atom is -0.497 e. The largest absolute Gasteiger partial charge is 0.497 e. The lowest BCUT2D eigenvalue weighted by molar-refractivity contribution is -0.125. The summed E-state index contributed by atoms with van der Waals surface area (Å²) < 4.78 is 7.24. The van der Waals surface area contributed by atoms with Crippen molar-refractivity contribution in [3.63, 3.8) is 0 Å². The van der Waals surface area contributed by atoms with Gasteiger partial charge in [-0.15, -0.1) is 5.10 Å². The Morgan fingerprint density at radius 2 is 1.81 bits per heavy atom. The number of piperidine rings is 1. The molecule has 1 fully saturated rings. The highest BCUT2D eigenvalue weighted by atomic mass is 16.5. The fourth-order valence-electron chi connectivity index (χ4n) is 5.11. The summed E-state index contributed by atoms with van der Waals surface area (Å²) in [5.74, 6) is 1.56. The van der Waals surface area contributed by atoms with Crippen molar-refractivity contribution < 1.29 is 9.53 Å². The molecule has 1 amide bonds. The Morgan fingerprint density at radius 3 is 2.54 bits per heavy atom. The predicted octanol–water partition coefficient (Wildman–Crippen LogP) is 4.32. The molecule has 8 nitrogen and oxygen atoms in total. The zero-order valence-corrected chi connectivity index (χ0v) is 22.0. The highest BCUT2D eigenvalue weighted by molar-refractivity contribution is 5.92. The Hall–Kier alpha value is -3.94. The molecule has 4 aromatic rings. The first kappa shape index (κ1) is 24.7. The van der Waals surface area contributed by atoms with Gasteiger partial charge in [0.2, 0.25) is 5.91 Å². The molecule has 3 heterocycles. The molecule has 1 N–H and O–H groups in total. The third kappa shape index (κ3) is 5.14. The van der Waals surface area contributed by atoms with Gasteiger partial charge < -0.3 is 15.0 Å². The number of nitrogens with zero attached hydrogens (tertiary/aromatic N) is 5. The molecule has 0 radical (unpaired) electrons. The van der Waals surface area contributed by atoms with E-state index < -0.39 is 0 Å². The number of carbonyl (C=O) groups is 1. The van der Waals surface area contributed by atoms with E-state index in [1.807, 2.05) is 35.9 Å². The average molecular weight is 499 g/mol. The molecule has 37 heavy (non-hydrogen) atoms. The van der Waals surface area contributed by atoms with Crippen molar-refractivity contribution in [2.75, 3.05) is 31.6 Å². The average Bonchev–Trinajstić information content (AvgIpc) is 3.28. The second kappa shape index (κ2) is 10.6. The first-order valence-corrected chi connectivity index (χ1v) is 12.9. The van der Waals surface area contributed by atoms with E-state index in [1.165, 1.54) is 11.1 Å². The number of hydrogen-bond donors (Lipinski definition) is 1. The maximum atomic E-state index is 13.0. The van der Waals surface area contributed by atoms with Crippen LogP contribution in [0.2, 0.25) is 0 Å². The first-order valence-electron chi connectivity index (χ1n) is 12.9. The summed E-state index contributed by atoms with van der Waals surface area (Å²) in [6.07, 6.45) is 2.62. The summed E-state index contributed by atoms with van der Waals surface area (Å²) in [5, 5.41) is 18.1. The number of nitrogens with one attached hydrogen (secondary N) is 1. The van der Waals surface area contributed by atoms with Crippen LogP contribution >= 0.6 is 0 Å². The molecule has 0 saturated carbocycles. The van der Waals surface area contributed by atoms with Crippen LogP contribution < -0.4 is 15.0 Å². The van der Waals surface area contributed by atoms with Crippen molar-refractivity contribution in [3.8, 4) is 11.4 Å². The Morgan fingerprint density at radius 1 is 1.05 bits per heavy atom. The summed E-state index contributed by atoms with van der Waals surface area (Å²) in [6, 6.07) is 16.3. The van der Waals surface area contributed by atoms with Gasteiger partial charge in [0.15, 0.2) is 5.82 Å². The van der Waals surface area contributed by atoms with Crippen LogP contribution in [0.4, 0.5) is 5.82 Å². The molecule has 1 aliphatic rings. The van der Waals surface area contributed by atoms with Gasteiger partial charge in [0.1, 0.15) is 11.3 Å². The van der Waals surface area contributed by atoms with Crippen molar-refractivity contribution in [3.05, 3.63) is 71.0 Å². The molecule has 8 heteroatoms. The fraction of sp³-hybridized carbons (Fsp3) is 0.379. The van der Waals surface area contributed by atoms with Gasteiger partial charge >= 0.3 is 0 Å². The van der Waals surface area contributed by atoms with Crippen LogP contribution in [0.25, 0.3) is 16.6 Å². The van der Waals surface area contributed by atoms with E-state index in [-0.39, 0.29) is 11.8 Å². The van der Waals surface area contributed by atoms with Crippen LogP contribution in [0.1, 0.15) is 35.4 Å². The van der Waals surface area contributed by atoms with Crippen molar-refractivity contribution in [2.24, 2.45) is 5.92 Å². The van der Waals surface area contributed by atoms with E-state index in [1.54, 1.807) is 7.11 Å². The molecule has 0 aliphatic carbocycles. The van der Waals surface area contributed by atoms with Gasteiger partial charge in [-0.3, -0.25) is 4.79 Å². The summed E-state index contributed by atoms with van der Waals surface area (Å²) in [5.41, 5.74) is 6.10. The Balaban J connectivity index is 1.33. The second-order valence-electron chi connectivity index (χ2n) is 9.84. The third-order valence-electron chi connectivity index (χ3n) is 7.23. The molecule has 1 atom stereocenters. The lowest BCUT2D eigenvalue weighted by Gasteiger charge is -2.32. The number of aryl methyl sites for hydroxylation is 3. The number of fused-ring (bicyclic) bond motifs is 1. The van der Waals surface area contributed by atoms with E-state index in [2.05, 4.69) is 58.5 Å². The molecule has 1 saturated heterocycles. The van der Waals surface area contributed by atoms with Crippen LogP contribution in [0.15, 0.2) is 48.5 Å². The Labute approximate surface area is 217 Å². The molecule has 1 aliphatic heterocycles. The highest BCUT2D eigenvalue weighted by Crippen LogP contribution is 2.32. The molecule has 0 spiro atoms. The zero-order chi connectivity index (χ0) is 25.9. The predicted molar refractivity (Wildman–Crippen MR) is 146 cm³/mol. The molecular weight excluding hydrogens is 464 g/mol. The van der Waals surface area contributed by atoms with Crippen LogP contribution in [0.3, 0.4) is 0 Å². The topological polar surface area (TPSA) is 85.2 Å². The van der Waals surface area contributed by atoms with Crippen molar-refractivity contribution in [2.45, 2.75) is 40.0 Å². The number of amides is 1. The quantitative estimate of drug-likeness (QED) is 0.408. The lowest BCUT2D eigenvalue weighted by atomic mass is 9.97. The number of methoxy groups -OCH3 is 1. The Kier molecular flexibility index (Phi) is 7.08. The summed E-state index contributed by atoms with van der Waals surface area (Å²) >= 11 is 0. The smallest absolute Gasteiger partial charge is 0.224 e. The molecule has 5 rings (SSSR count). The minimum absolute atomic E-state index is 0.0882. The van der Waals surface area contributed by atoms with E-state index in [0.29, 0.717) is 13.1 Å². The molecule has 2 aromatic heterocycles. The van der Waals surface area contributed by atoms with Gasteiger partial charge in [0.25, 0.3) is 0 Å². The zero-order valence-electron chi connectivity index (χ0n) is 22.0. The van der Waals surface area contributed by atoms with Crippen molar-refractivity contribution in [1.82, 2.24) is 25.3 Å². The normalized spacial score (nSPS) is 15.7. The maximum absolute atomic E-state index is 13.0. The molecule has 192 valence electrons. The van der Waals surface area contributed by atoms with Gasteiger partial charge in [-0.2, -0.15) is 10.2 Å². The van der Waals surface area contributed by atoms with E-state index >= 15 is 0 Å². The molecule has 0 unspecified atom stereocenters. The van der Waals surface area contributed by atoms with Gasteiger partial charge in [-0.1, -0.05) is 29.8 Å². The Bertz CT molecular complexity index is 1390. The van der Waals surface area contributed by atoms with Gasteiger partial charge in [-0.05, 0) is 69.9 Å². The van der Waals surface area contributed by atoms with E-state index in [0.717, 1.165) is 65.4 Å². The standard InChI is InChI=1S/C29H34N6O2/c1-19-7-9-22(10-8-19)15-16-30-29(36)23-6-5-17-34(18-23)28-27-26(20(2)31-32-28)21(3)35(33-27)24-11-13-25(37-4)14-12-24/h7-14,23H,5-6,15-18H2,1-4H3,(H,30,36)/t23-/m1/s1. The SMILES string of the molecule is COc1ccc(-n2nc3c(N4CCC[C@@H](C(=O)NCCc5ccc(C)cc5)C4)nnc(C)c3c2C)cc1. The number of benzene rings is 2. The summed E-state index contributed by atoms with van der Waals surface area (Å²) in [6.45, 7) is 8.17. The van der Waals surface area contributed by atoms with Crippen molar-refractivity contribution >= 4 is 22.6 Å². The highest BCUT2D eigenvalue weighted by Gasteiger charge is 2.29. The minimum atomic E-state index is -0.0882. The number of rotatable bonds is 7. The number of hydrogen-bond acceptors (Lipinski definition) is 6. The van der Waals surface area contributed by atoms with Gasteiger partial charge in [0.05, 0.1) is 35.5 Å². The van der Waals surface area contributed by atoms with E-state index in [9.17, 15) is 4.79 Å². The first-order chi connectivity index (χ1) is 17.9. The lowest BCUT2D eigenvalue weighted by Crippen LogP contribution is -2.44. The number of anilines is 1. The number of ether oxygens (including phenoxy) is 1. The summed E-state index contributed by atoms with van der Waals surface area (Å²) in [4.78, 5) is 15.2. The van der Waals surface area contributed by atoms with Crippen LogP contribution in [0.5, 0.6) is 5.75 Å². The third-order valence-corrected chi connectivity index (χ3v) is 7.23. The van der Waals surface area contributed by atoms with E-state index in [4.69, 9.17) is 9.84 Å². The molecule has 0 bridgehead atoms.